The minimum absolute atomic E-state index is 0.0321. The summed E-state index contributed by atoms with van der Waals surface area (Å²) in [5, 5.41) is 14.7. The Labute approximate surface area is 167 Å². The molecule has 0 fully saturated rings. The standard InChI is InChI=1S/C22H18FN3OS/c1-13-8-14(2)20(15(3)9-13)26-21(27)17(11-24)10-19-12-28-22(25-19)16-4-6-18(23)7-5-16/h4-10,12H,1-3H3,(H,26,27)/b17-10+. The lowest BCUT2D eigenvalue weighted by molar-refractivity contribution is -0.112. The molecule has 0 unspecified atom stereocenters. The molecule has 1 aromatic heterocycles. The van der Waals surface area contributed by atoms with Gasteiger partial charge in [0.15, 0.2) is 0 Å². The van der Waals surface area contributed by atoms with Crippen LogP contribution < -0.4 is 5.32 Å². The van der Waals surface area contributed by atoms with Gasteiger partial charge in [0, 0.05) is 16.6 Å². The van der Waals surface area contributed by atoms with Crippen molar-refractivity contribution in [2.45, 2.75) is 20.8 Å². The number of carbonyl (C=O) groups excluding carboxylic acids is 1. The van der Waals surface area contributed by atoms with Gasteiger partial charge in [0.1, 0.15) is 22.5 Å². The number of nitrogens with one attached hydrogen (secondary N) is 1. The van der Waals surface area contributed by atoms with Crippen LogP contribution in [-0.2, 0) is 4.79 Å². The fourth-order valence-electron chi connectivity index (χ4n) is 2.93. The Morgan fingerprint density at radius 2 is 1.82 bits per heavy atom. The van der Waals surface area contributed by atoms with Gasteiger partial charge in [-0.05, 0) is 62.2 Å². The Hall–Kier alpha value is -3.30. The minimum Gasteiger partial charge on any atom is -0.321 e. The minimum atomic E-state index is -0.478. The molecule has 6 heteroatoms. The lowest BCUT2D eigenvalue weighted by atomic mass is 10.0. The predicted octanol–water partition coefficient (Wildman–Crippen LogP) is 5.42. The summed E-state index contributed by atoms with van der Waals surface area (Å²) < 4.78 is 13.1. The van der Waals surface area contributed by atoms with Crippen LogP contribution >= 0.6 is 11.3 Å². The highest BCUT2D eigenvalue weighted by molar-refractivity contribution is 7.13. The molecule has 0 saturated carbocycles. The molecule has 3 rings (SSSR count). The van der Waals surface area contributed by atoms with E-state index >= 15 is 0 Å². The number of nitrogens with zero attached hydrogens (tertiary/aromatic N) is 2. The van der Waals surface area contributed by atoms with E-state index in [-0.39, 0.29) is 11.4 Å². The summed E-state index contributed by atoms with van der Waals surface area (Å²) in [5.74, 6) is -0.792. The number of nitriles is 1. The van der Waals surface area contributed by atoms with Crippen molar-refractivity contribution < 1.29 is 9.18 Å². The maximum Gasteiger partial charge on any atom is 0.266 e. The van der Waals surface area contributed by atoms with Crippen molar-refractivity contribution in [2.75, 3.05) is 5.32 Å². The number of aryl methyl sites for hydroxylation is 3. The van der Waals surface area contributed by atoms with Crippen LogP contribution in [0.3, 0.4) is 0 Å². The van der Waals surface area contributed by atoms with Crippen molar-refractivity contribution in [3.05, 3.63) is 75.6 Å². The lowest BCUT2D eigenvalue weighted by Crippen LogP contribution is -2.15. The summed E-state index contributed by atoms with van der Waals surface area (Å²) in [6.45, 7) is 5.83. The van der Waals surface area contributed by atoms with Crippen LogP contribution in [0.5, 0.6) is 0 Å². The average molecular weight is 391 g/mol. The van der Waals surface area contributed by atoms with E-state index in [0.717, 1.165) is 22.3 Å². The molecule has 3 aromatic rings. The van der Waals surface area contributed by atoms with E-state index in [4.69, 9.17) is 0 Å². The van der Waals surface area contributed by atoms with Gasteiger partial charge in [0.2, 0.25) is 0 Å². The Morgan fingerprint density at radius 1 is 1.18 bits per heavy atom. The van der Waals surface area contributed by atoms with Crippen molar-refractivity contribution in [1.29, 1.82) is 5.26 Å². The Bertz CT molecular complexity index is 1080. The number of anilines is 1. The first-order valence-corrected chi connectivity index (χ1v) is 9.48. The monoisotopic (exact) mass is 391 g/mol. The van der Waals surface area contributed by atoms with E-state index in [1.165, 1.54) is 29.5 Å². The third-order valence-corrected chi connectivity index (χ3v) is 5.10. The Morgan fingerprint density at radius 3 is 2.43 bits per heavy atom. The molecule has 140 valence electrons. The summed E-state index contributed by atoms with van der Waals surface area (Å²) in [4.78, 5) is 17.0. The summed E-state index contributed by atoms with van der Waals surface area (Å²) in [6.07, 6.45) is 1.46. The largest absolute Gasteiger partial charge is 0.321 e. The van der Waals surface area contributed by atoms with Crippen molar-refractivity contribution in [2.24, 2.45) is 0 Å². The van der Waals surface area contributed by atoms with Crippen molar-refractivity contribution in [1.82, 2.24) is 4.98 Å². The first-order chi connectivity index (χ1) is 13.4. The topological polar surface area (TPSA) is 65.8 Å². The van der Waals surface area contributed by atoms with Gasteiger partial charge < -0.3 is 5.32 Å². The molecule has 28 heavy (non-hydrogen) atoms. The number of halogens is 1. The zero-order valence-corrected chi connectivity index (χ0v) is 16.5. The van der Waals surface area contributed by atoms with Crippen LogP contribution in [0.4, 0.5) is 10.1 Å². The third kappa shape index (κ3) is 4.33. The first-order valence-electron chi connectivity index (χ1n) is 8.60. The number of amides is 1. The summed E-state index contributed by atoms with van der Waals surface area (Å²) in [6, 6.07) is 11.9. The number of rotatable bonds is 4. The Kier molecular flexibility index (Phi) is 5.67. The maximum atomic E-state index is 13.1. The number of aromatic nitrogens is 1. The molecule has 4 nitrogen and oxygen atoms in total. The van der Waals surface area contributed by atoms with Gasteiger partial charge >= 0.3 is 0 Å². The molecule has 0 saturated heterocycles. The molecule has 1 amide bonds. The normalized spacial score (nSPS) is 11.2. The molecule has 0 spiro atoms. The number of hydrogen-bond acceptors (Lipinski definition) is 4. The number of thiazole rings is 1. The van der Waals surface area contributed by atoms with Gasteiger partial charge in [-0.1, -0.05) is 17.7 Å². The average Bonchev–Trinajstić information content (AvgIpc) is 3.11. The van der Waals surface area contributed by atoms with E-state index in [0.29, 0.717) is 16.4 Å². The zero-order valence-electron chi connectivity index (χ0n) is 15.7. The fourth-order valence-corrected chi connectivity index (χ4v) is 3.72. The third-order valence-electron chi connectivity index (χ3n) is 4.19. The van der Waals surface area contributed by atoms with Crippen molar-refractivity contribution in [3.8, 4) is 16.6 Å². The van der Waals surface area contributed by atoms with Gasteiger partial charge in [0.25, 0.3) is 5.91 Å². The van der Waals surface area contributed by atoms with Crippen LogP contribution in [0, 0.1) is 37.9 Å². The van der Waals surface area contributed by atoms with Crippen LogP contribution in [0.1, 0.15) is 22.4 Å². The molecule has 2 aromatic carbocycles. The molecule has 0 bridgehead atoms. The van der Waals surface area contributed by atoms with Crippen LogP contribution in [0.25, 0.3) is 16.6 Å². The first kappa shape index (κ1) is 19.5. The SMILES string of the molecule is Cc1cc(C)c(NC(=O)/C(C#N)=C/c2csc(-c3ccc(F)cc3)n2)c(C)c1. The molecular weight excluding hydrogens is 373 g/mol. The molecule has 1 N–H and O–H groups in total. The van der Waals surface area contributed by atoms with Crippen LogP contribution in [0.2, 0.25) is 0 Å². The van der Waals surface area contributed by atoms with Crippen LogP contribution in [0.15, 0.2) is 47.4 Å². The van der Waals surface area contributed by atoms with E-state index in [1.807, 2.05) is 39.0 Å². The molecule has 0 radical (unpaired) electrons. The van der Waals surface area contributed by atoms with Gasteiger partial charge in [0.05, 0.1) is 5.69 Å². The fraction of sp³-hybridized carbons (Fsp3) is 0.136. The highest BCUT2D eigenvalue weighted by atomic mass is 32.1. The molecule has 0 atom stereocenters. The van der Waals surface area contributed by atoms with Gasteiger partial charge in [-0.2, -0.15) is 5.26 Å². The van der Waals surface area contributed by atoms with Crippen LogP contribution in [-0.4, -0.2) is 10.9 Å². The highest BCUT2D eigenvalue weighted by Crippen LogP contribution is 2.26. The zero-order chi connectivity index (χ0) is 20.3. The van der Waals surface area contributed by atoms with E-state index in [2.05, 4.69) is 10.3 Å². The summed E-state index contributed by atoms with van der Waals surface area (Å²) >= 11 is 1.36. The van der Waals surface area contributed by atoms with E-state index < -0.39 is 5.91 Å². The second-order valence-corrected chi connectivity index (χ2v) is 7.34. The van der Waals surface area contributed by atoms with Crippen molar-refractivity contribution in [3.63, 3.8) is 0 Å². The molecule has 1 heterocycles. The predicted molar refractivity (Wildman–Crippen MR) is 110 cm³/mol. The molecule has 0 aliphatic rings. The van der Waals surface area contributed by atoms with E-state index in [1.54, 1.807) is 17.5 Å². The summed E-state index contributed by atoms with van der Waals surface area (Å²) in [5.41, 5.74) is 4.95. The number of hydrogen-bond donors (Lipinski definition) is 1. The van der Waals surface area contributed by atoms with Crippen molar-refractivity contribution >= 4 is 29.0 Å². The molecule has 0 aliphatic heterocycles. The number of benzene rings is 2. The quantitative estimate of drug-likeness (QED) is 0.477. The second-order valence-electron chi connectivity index (χ2n) is 6.48. The van der Waals surface area contributed by atoms with Gasteiger partial charge in [-0.3, -0.25) is 4.79 Å². The maximum absolute atomic E-state index is 13.1. The highest BCUT2D eigenvalue weighted by Gasteiger charge is 2.14. The van der Waals surface area contributed by atoms with E-state index in [9.17, 15) is 14.4 Å². The second kappa shape index (κ2) is 8.15. The number of carbonyl (C=O) groups is 1. The smallest absolute Gasteiger partial charge is 0.266 e. The Balaban J connectivity index is 1.84. The molecule has 0 aliphatic carbocycles. The lowest BCUT2D eigenvalue weighted by Gasteiger charge is -2.12. The van der Waals surface area contributed by atoms with Gasteiger partial charge in [-0.15, -0.1) is 11.3 Å². The summed E-state index contributed by atoms with van der Waals surface area (Å²) in [7, 11) is 0. The van der Waals surface area contributed by atoms with Gasteiger partial charge in [-0.25, -0.2) is 9.37 Å². The molecular formula is C22H18FN3OS.